The lowest BCUT2D eigenvalue weighted by atomic mass is 9.90. The summed E-state index contributed by atoms with van der Waals surface area (Å²) < 4.78 is 0. The molecule has 0 spiro atoms. The Morgan fingerprint density at radius 3 is 2.67 bits per heavy atom. The van der Waals surface area contributed by atoms with Gasteiger partial charge in [0.25, 0.3) is 0 Å². The molecule has 3 N–H and O–H groups in total. The quantitative estimate of drug-likeness (QED) is 0.647. The van der Waals surface area contributed by atoms with E-state index in [4.69, 9.17) is 0 Å². The smallest absolute Gasteiger partial charge is 0.317 e. The van der Waals surface area contributed by atoms with E-state index in [9.17, 15) is 14.7 Å². The molecular weight excluding hydrogens is 380 g/mol. The van der Waals surface area contributed by atoms with Crippen LogP contribution < -0.4 is 10.6 Å². The van der Waals surface area contributed by atoms with Crippen molar-refractivity contribution in [2.24, 2.45) is 5.41 Å². The van der Waals surface area contributed by atoms with Gasteiger partial charge in [0.05, 0.1) is 6.42 Å². The van der Waals surface area contributed by atoms with Gasteiger partial charge in [-0.15, -0.1) is 0 Å². The van der Waals surface area contributed by atoms with Crippen LogP contribution >= 0.6 is 0 Å². The molecule has 1 aliphatic rings. The van der Waals surface area contributed by atoms with Crippen LogP contribution in [0, 0.1) is 5.41 Å². The van der Waals surface area contributed by atoms with Crippen molar-refractivity contribution < 1.29 is 14.7 Å². The third kappa shape index (κ3) is 5.95. The average Bonchev–Trinajstić information content (AvgIpc) is 2.91. The van der Waals surface area contributed by atoms with Gasteiger partial charge in [0.1, 0.15) is 5.82 Å². The fourth-order valence-corrected chi connectivity index (χ4v) is 3.71. The number of fused-ring (bicyclic) bond motifs is 1. The maximum atomic E-state index is 12.9. The molecule has 0 aliphatic carbocycles. The summed E-state index contributed by atoms with van der Waals surface area (Å²) in [7, 11) is 0. The van der Waals surface area contributed by atoms with Gasteiger partial charge in [0.15, 0.2) is 0 Å². The lowest BCUT2D eigenvalue weighted by Crippen LogP contribution is -2.45. The Kier molecular flexibility index (Phi) is 6.92. The Balaban J connectivity index is 1.58. The number of nitrogens with one attached hydrogen (secondary N) is 2. The van der Waals surface area contributed by atoms with E-state index in [-0.39, 0.29) is 23.8 Å². The summed E-state index contributed by atoms with van der Waals surface area (Å²) in [6.45, 7) is 6.39. The average molecular weight is 411 g/mol. The Hall–Kier alpha value is -3.09. The first kappa shape index (κ1) is 21.6. The Morgan fingerprint density at radius 1 is 1.17 bits per heavy atom. The number of nitrogens with zero attached hydrogens (tertiary/aromatic N) is 2. The molecule has 1 atom stereocenters. The number of carboxylic acids is 1. The van der Waals surface area contributed by atoms with Crippen LogP contribution in [0.2, 0.25) is 0 Å². The number of pyridine rings is 1. The second-order valence-corrected chi connectivity index (χ2v) is 8.60. The molecule has 1 aliphatic heterocycles. The number of rotatable bonds is 7. The van der Waals surface area contributed by atoms with Crippen LogP contribution in [-0.2, 0) is 11.3 Å². The van der Waals surface area contributed by atoms with Crippen molar-refractivity contribution in [2.75, 3.05) is 25.0 Å². The van der Waals surface area contributed by atoms with Crippen LogP contribution in [0.4, 0.5) is 10.6 Å². The van der Waals surface area contributed by atoms with Gasteiger partial charge in [0, 0.05) is 32.4 Å². The molecule has 3 rings (SSSR count). The van der Waals surface area contributed by atoms with E-state index < -0.39 is 5.97 Å². The van der Waals surface area contributed by atoms with Crippen molar-refractivity contribution in [3.63, 3.8) is 0 Å². The van der Waals surface area contributed by atoms with Crippen LogP contribution in [0.3, 0.4) is 0 Å². The van der Waals surface area contributed by atoms with Crippen molar-refractivity contribution in [2.45, 2.75) is 39.2 Å². The zero-order valence-electron chi connectivity index (χ0n) is 17.6. The molecule has 2 heterocycles. The monoisotopic (exact) mass is 410 g/mol. The molecule has 1 aromatic heterocycles. The molecule has 0 saturated heterocycles. The molecule has 0 radical (unpaired) electrons. The normalized spacial score (nSPS) is 16.3. The van der Waals surface area contributed by atoms with Gasteiger partial charge >= 0.3 is 12.0 Å². The number of carboxylic acid groups (broad SMARTS) is 1. The molecule has 2 aromatic rings. The predicted octanol–water partition coefficient (Wildman–Crippen LogP) is 3.69. The molecule has 7 nitrogen and oxygen atoms in total. The first-order valence-corrected chi connectivity index (χ1v) is 10.3. The van der Waals surface area contributed by atoms with Gasteiger partial charge < -0.3 is 20.6 Å². The lowest BCUT2D eigenvalue weighted by molar-refractivity contribution is -0.137. The Bertz CT molecular complexity index is 870. The van der Waals surface area contributed by atoms with Crippen molar-refractivity contribution in [3.05, 3.63) is 59.8 Å². The molecule has 160 valence electrons. The van der Waals surface area contributed by atoms with Gasteiger partial charge in [-0.1, -0.05) is 44.2 Å². The summed E-state index contributed by atoms with van der Waals surface area (Å²) in [5.41, 5.74) is 1.89. The van der Waals surface area contributed by atoms with Gasteiger partial charge in [-0.05, 0) is 41.0 Å². The van der Waals surface area contributed by atoms with Crippen molar-refractivity contribution in [1.82, 2.24) is 15.2 Å². The van der Waals surface area contributed by atoms with Gasteiger partial charge in [-0.3, -0.25) is 4.79 Å². The summed E-state index contributed by atoms with van der Waals surface area (Å²) in [5, 5.41) is 15.6. The highest BCUT2D eigenvalue weighted by Gasteiger charge is 2.27. The van der Waals surface area contributed by atoms with Crippen molar-refractivity contribution in [3.8, 4) is 0 Å². The second kappa shape index (κ2) is 9.61. The first-order chi connectivity index (χ1) is 14.3. The number of anilines is 1. The highest BCUT2D eigenvalue weighted by atomic mass is 16.4. The number of urea groups is 1. The molecule has 30 heavy (non-hydrogen) atoms. The Morgan fingerprint density at radius 2 is 1.93 bits per heavy atom. The zero-order chi connectivity index (χ0) is 21.6. The molecular formula is C23H30N4O3. The number of carbonyl (C=O) groups excluding carboxylic acids is 1. The highest BCUT2D eigenvalue weighted by molar-refractivity contribution is 5.74. The summed E-state index contributed by atoms with van der Waals surface area (Å²) in [5.74, 6) is -0.0733. The number of carbonyl (C=O) groups is 2. The minimum Gasteiger partial charge on any atom is -0.481 e. The van der Waals surface area contributed by atoms with Crippen molar-refractivity contribution in [1.29, 1.82) is 0 Å². The second-order valence-electron chi connectivity index (χ2n) is 8.60. The number of aliphatic carboxylic acids is 1. The van der Waals surface area contributed by atoms with Crippen LogP contribution in [0.15, 0.2) is 48.7 Å². The molecule has 2 amide bonds. The number of amides is 2. The van der Waals surface area contributed by atoms with E-state index in [1.54, 1.807) is 11.1 Å². The molecule has 7 heteroatoms. The number of hydrogen-bond acceptors (Lipinski definition) is 4. The summed E-state index contributed by atoms with van der Waals surface area (Å²) in [6, 6.07) is 13.4. The summed E-state index contributed by atoms with van der Waals surface area (Å²) in [6.07, 6.45) is 2.46. The molecule has 0 bridgehead atoms. The number of hydrogen-bond donors (Lipinski definition) is 3. The van der Waals surface area contributed by atoms with E-state index in [1.807, 2.05) is 42.5 Å². The first-order valence-electron chi connectivity index (χ1n) is 10.3. The SMILES string of the molecule is CC(C)(CNC(=O)N1CCC(CC(=O)O)c2ccccc2C1)CNc1ccccn1. The molecule has 1 unspecified atom stereocenters. The van der Waals surface area contributed by atoms with Crippen LogP contribution in [-0.4, -0.2) is 46.6 Å². The summed E-state index contributed by atoms with van der Waals surface area (Å²) >= 11 is 0. The molecule has 0 saturated carbocycles. The van der Waals surface area contributed by atoms with Crippen LogP contribution in [0.5, 0.6) is 0 Å². The largest absolute Gasteiger partial charge is 0.481 e. The van der Waals surface area contributed by atoms with Gasteiger partial charge in [0.2, 0.25) is 0 Å². The minimum absolute atomic E-state index is 0.0736. The van der Waals surface area contributed by atoms with E-state index >= 15 is 0 Å². The van der Waals surface area contributed by atoms with E-state index in [1.165, 1.54) is 0 Å². The van der Waals surface area contributed by atoms with Gasteiger partial charge in [-0.25, -0.2) is 9.78 Å². The lowest BCUT2D eigenvalue weighted by Gasteiger charge is -2.28. The number of benzene rings is 1. The molecule has 1 aromatic carbocycles. The maximum Gasteiger partial charge on any atom is 0.317 e. The minimum atomic E-state index is -0.810. The van der Waals surface area contributed by atoms with Crippen LogP contribution in [0.1, 0.15) is 43.7 Å². The Labute approximate surface area is 177 Å². The maximum absolute atomic E-state index is 12.9. The van der Waals surface area contributed by atoms with Crippen LogP contribution in [0.25, 0.3) is 0 Å². The van der Waals surface area contributed by atoms with Crippen molar-refractivity contribution >= 4 is 17.8 Å². The van der Waals surface area contributed by atoms with E-state index in [2.05, 4.69) is 29.5 Å². The predicted molar refractivity (Wildman–Crippen MR) is 116 cm³/mol. The van der Waals surface area contributed by atoms with Gasteiger partial charge in [-0.2, -0.15) is 0 Å². The fraction of sp³-hybridized carbons (Fsp3) is 0.435. The van der Waals surface area contributed by atoms with E-state index in [0.717, 1.165) is 16.9 Å². The highest BCUT2D eigenvalue weighted by Crippen LogP contribution is 2.31. The number of aromatic nitrogens is 1. The zero-order valence-corrected chi connectivity index (χ0v) is 17.6. The fourth-order valence-electron chi connectivity index (χ4n) is 3.71. The summed E-state index contributed by atoms with van der Waals surface area (Å²) in [4.78, 5) is 30.2. The topological polar surface area (TPSA) is 94.6 Å². The standard InChI is InChI=1S/C23H30N4O3/c1-23(2,15-25-20-9-5-6-11-24-20)16-26-22(30)27-12-10-17(13-21(28)29)19-8-4-3-7-18(19)14-27/h3-9,11,17H,10,12-16H2,1-2H3,(H,24,25)(H,26,30)(H,28,29). The molecule has 0 fully saturated rings. The third-order valence-corrected chi connectivity index (χ3v) is 5.44. The van der Waals surface area contributed by atoms with E-state index in [0.29, 0.717) is 32.6 Å². The third-order valence-electron chi connectivity index (χ3n) is 5.44.